The van der Waals surface area contributed by atoms with Crippen molar-refractivity contribution >= 4 is 24.0 Å². The van der Waals surface area contributed by atoms with Crippen molar-refractivity contribution in [3.05, 3.63) is 42.0 Å². The van der Waals surface area contributed by atoms with Gasteiger partial charge in [0.2, 0.25) is 0 Å². The van der Waals surface area contributed by atoms with Gasteiger partial charge in [-0.05, 0) is 30.7 Å². The second-order valence-corrected chi connectivity index (χ2v) is 4.17. The van der Waals surface area contributed by atoms with Gasteiger partial charge in [0.25, 0.3) is 0 Å². The number of hydrogen-bond acceptors (Lipinski definition) is 6. The Morgan fingerprint density at radius 3 is 2.70 bits per heavy atom. The first kappa shape index (κ1) is 17.9. The van der Waals surface area contributed by atoms with E-state index in [2.05, 4.69) is 17.0 Å². The molecule has 1 aromatic rings. The number of carboxylic acid groups (broad SMARTS) is 1. The highest BCUT2D eigenvalue weighted by Gasteiger charge is 2.11. The lowest BCUT2D eigenvalue weighted by Crippen LogP contribution is -2.37. The maximum absolute atomic E-state index is 11.4. The van der Waals surface area contributed by atoms with Gasteiger partial charge in [-0.1, -0.05) is 6.08 Å². The van der Waals surface area contributed by atoms with Crippen LogP contribution in [0.5, 0.6) is 5.75 Å². The topological polar surface area (TPSA) is 120 Å². The average molecular weight is 318 g/mol. The fraction of sp³-hybridized carbons (Fsp3) is 0.200. The summed E-state index contributed by atoms with van der Waals surface area (Å²) >= 11 is 0. The molecule has 0 fully saturated rings. The molecule has 0 radical (unpaired) electrons. The standard InChI is InChI=1S/C15H17N3O5/c1-3-7-16-13(19)14(20)18-17-9-11-8-10(15(21)22)5-6-12(11)23-4-2/h3,5-6,8-9H,1,4,7H2,2H3,(H,16,19)(H,18,20)(H,21,22)/p-1/b17-9-. The first-order valence-electron chi connectivity index (χ1n) is 6.69. The molecule has 0 aliphatic rings. The van der Waals surface area contributed by atoms with Gasteiger partial charge in [-0.15, -0.1) is 6.58 Å². The van der Waals surface area contributed by atoms with E-state index in [4.69, 9.17) is 4.74 Å². The fourth-order valence-electron chi connectivity index (χ4n) is 1.52. The van der Waals surface area contributed by atoms with Crippen LogP contribution in [0, 0.1) is 0 Å². The van der Waals surface area contributed by atoms with Gasteiger partial charge < -0.3 is 20.0 Å². The predicted octanol–water partition coefficient (Wildman–Crippen LogP) is -0.799. The predicted molar refractivity (Wildman–Crippen MR) is 80.9 cm³/mol. The van der Waals surface area contributed by atoms with Crippen LogP contribution in [0.4, 0.5) is 0 Å². The van der Waals surface area contributed by atoms with Crippen LogP contribution in [0.3, 0.4) is 0 Å². The zero-order valence-electron chi connectivity index (χ0n) is 12.5. The Morgan fingerprint density at radius 2 is 2.09 bits per heavy atom. The van der Waals surface area contributed by atoms with Crippen molar-refractivity contribution in [1.29, 1.82) is 0 Å². The lowest BCUT2D eigenvalue weighted by Gasteiger charge is -2.09. The number of hydrogen-bond donors (Lipinski definition) is 2. The molecule has 23 heavy (non-hydrogen) atoms. The summed E-state index contributed by atoms with van der Waals surface area (Å²) in [5.74, 6) is -2.80. The van der Waals surface area contributed by atoms with E-state index in [-0.39, 0.29) is 12.1 Å². The second kappa shape index (κ2) is 8.98. The summed E-state index contributed by atoms with van der Waals surface area (Å²) in [6.07, 6.45) is 2.60. The molecule has 8 heteroatoms. The van der Waals surface area contributed by atoms with Crippen molar-refractivity contribution in [1.82, 2.24) is 10.7 Å². The van der Waals surface area contributed by atoms with Gasteiger partial charge in [0.15, 0.2) is 0 Å². The van der Waals surface area contributed by atoms with E-state index >= 15 is 0 Å². The Kier molecular flexibility index (Phi) is 6.99. The minimum absolute atomic E-state index is 0.0649. The monoisotopic (exact) mass is 318 g/mol. The normalized spacial score (nSPS) is 10.1. The minimum Gasteiger partial charge on any atom is -0.545 e. The van der Waals surface area contributed by atoms with Crippen LogP contribution in [0.15, 0.2) is 36.0 Å². The summed E-state index contributed by atoms with van der Waals surface area (Å²) in [6.45, 7) is 5.68. The highest BCUT2D eigenvalue weighted by atomic mass is 16.5. The van der Waals surface area contributed by atoms with Crippen LogP contribution in [0.1, 0.15) is 22.8 Å². The summed E-state index contributed by atoms with van der Waals surface area (Å²) in [6, 6.07) is 4.07. The molecular formula is C15H16N3O5-. The number of nitrogens with one attached hydrogen (secondary N) is 2. The fourth-order valence-corrected chi connectivity index (χ4v) is 1.52. The van der Waals surface area contributed by atoms with Crippen molar-refractivity contribution in [2.75, 3.05) is 13.2 Å². The number of carbonyl (C=O) groups is 3. The number of benzene rings is 1. The summed E-state index contributed by atoms with van der Waals surface area (Å²) in [5, 5.41) is 16.8. The minimum atomic E-state index is -1.35. The van der Waals surface area contributed by atoms with Crippen molar-refractivity contribution in [2.45, 2.75) is 6.92 Å². The zero-order chi connectivity index (χ0) is 17.2. The van der Waals surface area contributed by atoms with Crippen LogP contribution >= 0.6 is 0 Å². The SMILES string of the molecule is C=CCNC(=O)C(=O)N/N=C\c1cc(C(=O)[O-])ccc1OCC. The van der Waals surface area contributed by atoms with E-state index in [0.717, 1.165) is 0 Å². The number of nitrogens with zero attached hydrogens (tertiary/aromatic N) is 1. The lowest BCUT2D eigenvalue weighted by atomic mass is 10.1. The molecule has 8 nitrogen and oxygen atoms in total. The van der Waals surface area contributed by atoms with Crippen molar-refractivity contribution in [3.63, 3.8) is 0 Å². The Hall–Kier alpha value is -3.16. The summed E-state index contributed by atoms with van der Waals surface area (Å²) in [7, 11) is 0. The van der Waals surface area contributed by atoms with Gasteiger partial charge in [0, 0.05) is 12.1 Å². The molecule has 2 amide bonds. The van der Waals surface area contributed by atoms with E-state index in [1.54, 1.807) is 6.92 Å². The average Bonchev–Trinajstić information content (AvgIpc) is 2.53. The highest BCUT2D eigenvalue weighted by molar-refractivity contribution is 6.35. The molecule has 1 rings (SSSR count). The number of ether oxygens (including phenoxy) is 1. The molecule has 0 spiro atoms. The third-order valence-corrected chi connectivity index (χ3v) is 2.53. The van der Waals surface area contributed by atoms with E-state index in [1.807, 2.05) is 5.43 Å². The molecule has 0 aliphatic carbocycles. The molecule has 1 aromatic carbocycles. The number of carbonyl (C=O) groups excluding carboxylic acids is 3. The van der Waals surface area contributed by atoms with Gasteiger partial charge in [0.1, 0.15) is 5.75 Å². The smallest absolute Gasteiger partial charge is 0.329 e. The van der Waals surface area contributed by atoms with Gasteiger partial charge in [-0.2, -0.15) is 5.10 Å². The molecular weight excluding hydrogens is 302 g/mol. The first-order chi connectivity index (χ1) is 11.0. The van der Waals surface area contributed by atoms with E-state index in [1.165, 1.54) is 30.5 Å². The summed E-state index contributed by atoms with van der Waals surface area (Å²) in [4.78, 5) is 33.6. The van der Waals surface area contributed by atoms with Gasteiger partial charge in [0.05, 0.1) is 18.8 Å². The van der Waals surface area contributed by atoms with E-state index in [9.17, 15) is 19.5 Å². The molecule has 0 unspecified atom stereocenters. The van der Waals surface area contributed by atoms with Gasteiger partial charge in [-0.3, -0.25) is 9.59 Å². The zero-order valence-corrected chi connectivity index (χ0v) is 12.5. The number of rotatable bonds is 7. The second-order valence-electron chi connectivity index (χ2n) is 4.17. The third kappa shape index (κ3) is 5.62. The molecule has 0 atom stereocenters. The molecule has 0 aliphatic heterocycles. The van der Waals surface area contributed by atoms with Crippen LogP contribution < -0.4 is 20.6 Å². The molecule has 0 saturated carbocycles. The van der Waals surface area contributed by atoms with E-state index in [0.29, 0.717) is 17.9 Å². The molecule has 0 saturated heterocycles. The summed E-state index contributed by atoms with van der Waals surface area (Å²) in [5.41, 5.74) is 2.28. The molecule has 0 bridgehead atoms. The maximum Gasteiger partial charge on any atom is 0.329 e. The van der Waals surface area contributed by atoms with Crippen LogP contribution in [-0.4, -0.2) is 37.1 Å². The number of carboxylic acids is 1. The summed E-state index contributed by atoms with van der Waals surface area (Å²) < 4.78 is 5.32. The Labute approximate surface area is 132 Å². The van der Waals surface area contributed by atoms with Crippen LogP contribution in [-0.2, 0) is 9.59 Å². The Bertz CT molecular complexity index is 640. The van der Waals surface area contributed by atoms with Crippen molar-refractivity contribution in [2.24, 2.45) is 5.10 Å². The Morgan fingerprint density at radius 1 is 1.35 bits per heavy atom. The maximum atomic E-state index is 11.4. The first-order valence-corrected chi connectivity index (χ1v) is 6.69. The van der Waals surface area contributed by atoms with Crippen molar-refractivity contribution < 1.29 is 24.2 Å². The highest BCUT2D eigenvalue weighted by Crippen LogP contribution is 2.18. The molecule has 0 aromatic heterocycles. The number of amides is 2. The van der Waals surface area contributed by atoms with Crippen LogP contribution in [0.2, 0.25) is 0 Å². The molecule has 0 heterocycles. The van der Waals surface area contributed by atoms with Gasteiger partial charge in [-0.25, -0.2) is 5.43 Å². The van der Waals surface area contributed by atoms with Crippen LogP contribution in [0.25, 0.3) is 0 Å². The number of aromatic carboxylic acids is 1. The van der Waals surface area contributed by atoms with Crippen molar-refractivity contribution in [3.8, 4) is 5.75 Å². The third-order valence-electron chi connectivity index (χ3n) is 2.53. The lowest BCUT2D eigenvalue weighted by molar-refractivity contribution is -0.255. The molecule has 2 N–H and O–H groups in total. The largest absolute Gasteiger partial charge is 0.545 e. The Balaban J connectivity index is 2.83. The number of hydrazone groups is 1. The van der Waals surface area contributed by atoms with Gasteiger partial charge >= 0.3 is 11.8 Å². The quantitative estimate of drug-likeness (QED) is 0.295. The van der Waals surface area contributed by atoms with E-state index < -0.39 is 17.8 Å². The molecule has 122 valence electrons.